The first-order valence-electron chi connectivity index (χ1n) is 8.56. The number of nitrogens with one attached hydrogen (secondary N) is 2. The maximum Gasteiger partial charge on any atom is 0.329 e. The second-order valence-corrected chi connectivity index (χ2v) is 6.01. The van der Waals surface area contributed by atoms with Gasteiger partial charge in [0.2, 0.25) is 0 Å². The Hall–Kier alpha value is -3.22. The Morgan fingerprint density at radius 2 is 1.92 bits per heavy atom. The number of pyridine rings is 1. The van der Waals surface area contributed by atoms with Crippen molar-refractivity contribution in [2.75, 3.05) is 5.32 Å². The molecule has 0 saturated heterocycles. The lowest BCUT2D eigenvalue weighted by molar-refractivity contribution is 0.102. The van der Waals surface area contributed by atoms with Crippen LogP contribution >= 0.6 is 0 Å². The van der Waals surface area contributed by atoms with Crippen LogP contribution in [0.2, 0.25) is 0 Å². The zero-order valence-corrected chi connectivity index (χ0v) is 14.7. The van der Waals surface area contributed by atoms with E-state index in [9.17, 15) is 14.4 Å². The molecule has 3 aromatic rings. The second-order valence-electron chi connectivity index (χ2n) is 6.01. The van der Waals surface area contributed by atoms with Crippen LogP contribution in [0.1, 0.15) is 36.2 Å². The maximum absolute atomic E-state index is 12.5. The van der Waals surface area contributed by atoms with Crippen LogP contribution in [-0.2, 0) is 13.0 Å². The molecule has 0 fully saturated rings. The highest BCUT2D eigenvalue weighted by Gasteiger charge is 2.13. The molecule has 0 bridgehead atoms. The molecule has 3 rings (SSSR count). The van der Waals surface area contributed by atoms with Crippen LogP contribution < -0.4 is 16.6 Å². The first-order valence-corrected chi connectivity index (χ1v) is 8.56. The summed E-state index contributed by atoms with van der Waals surface area (Å²) in [6.45, 7) is 4.42. The minimum absolute atomic E-state index is 0.215. The van der Waals surface area contributed by atoms with Gasteiger partial charge in [0.05, 0.1) is 10.9 Å². The number of anilines is 1. The van der Waals surface area contributed by atoms with Gasteiger partial charge in [-0.1, -0.05) is 26.0 Å². The summed E-state index contributed by atoms with van der Waals surface area (Å²) >= 11 is 0. The number of aromatic nitrogens is 3. The lowest BCUT2D eigenvalue weighted by Crippen LogP contribution is -2.31. The molecule has 26 heavy (non-hydrogen) atoms. The highest BCUT2D eigenvalue weighted by molar-refractivity contribution is 6.05. The van der Waals surface area contributed by atoms with Crippen molar-refractivity contribution in [2.45, 2.75) is 33.2 Å². The molecule has 0 saturated carbocycles. The van der Waals surface area contributed by atoms with Crippen LogP contribution in [0.4, 0.5) is 5.69 Å². The van der Waals surface area contributed by atoms with Gasteiger partial charge < -0.3 is 5.32 Å². The summed E-state index contributed by atoms with van der Waals surface area (Å²) in [7, 11) is 0. The Balaban J connectivity index is 1.96. The summed E-state index contributed by atoms with van der Waals surface area (Å²) in [5.74, 6) is -0.365. The molecule has 2 N–H and O–H groups in total. The minimum atomic E-state index is -0.549. The first-order chi connectivity index (χ1) is 12.5. The van der Waals surface area contributed by atoms with Gasteiger partial charge in [0.1, 0.15) is 5.65 Å². The van der Waals surface area contributed by atoms with Crippen molar-refractivity contribution >= 4 is 22.6 Å². The van der Waals surface area contributed by atoms with E-state index in [0.29, 0.717) is 12.2 Å². The zero-order chi connectivity index (χ0) is 18.7. The van der Waals surface area contributed by atoms with Crippen molar-refractivity contribution in [2.24, 2.45) is 0 Å². The fraction of sp³-hybridized carbons (Fsp3) is 0.263. The standard InChI is InChI=1S/C19H20N4O3/c1-3-9-23-16-15(18(25)22-19(23)26)10-13(11-20-16)17(24)21-14-7-5-12(4-2)6-8-14/h5-8,10-11H,3-4,9H2,1-2H3,(H,21,24)(H,22,25,26). The number of nitrogens with zero attached hydrogens (tertiary/aromatic N) is 2. The van der Waals surface area contributed by atoms with Gasteiger partial charge in [0.15, 0.2) is 0 Å². The molecule has 0 unspecified atom stereocenters. The van der Waals surface area contributed by atoms with E-state index in [1.165, 1.54) is 22.4 Å². The summed E-state index contributed by atoms with van der Waals surface area (Å²) in [6.07, 6.45) is 3.02. The topological polar surface area (TPSA) is 96.9 Å². The summed E-state index contributed by atoms with van der Waals surface area (Å²) < 4.78 is 1.40. The predicted octanol–water partition coefficient (Wildman–Crippen LogP) is 2.31. The number of H-pyrrole nitrogens is 1. The summed E-state index contributed by atoms with van der Waals surface area (Å²) in [6, 6.07) is 9.02. The second kappa shape index (κ2) is 7.35. The quantitative estimate of drug-likeness (QED) is 0.736. The highest BCUT2D eigenvalue weighted by atomic mass is 16.2. The van der Waals surface area contributed by atoms with E-state index in [1.807, 2.05) is 31.2 Å². The molecule has 2 aromatic heterocycles. The molecule has 7 heteroatoms. The maximum atomic E-state index is 12.5. The Morgan fingerprint density at radius 1 is 1.19 bits per heavy atom. The van der Waals surface area contributed by atoms with Crippen LogP contribution in [-0.4, -0.2) is 20.4 Å². The molecule has 0 spiro atoms. The summed E-state index contributed by atoms with van der Waals surface area (Å²) in [5.41, 5.74) is 1.33. The van der Waals surface area contributed by atoms with Crippen molar-refractivity contribution in [3.05, 3.63) is 68.5 Å². The van der Waals surface area contributed by atoms with E-state index in [0.717, 1.165) is 12.8 Å². The van der Waals surface area contributed by atoms with E-state index in [1.54, 1.807) is 0 Å². The van der Waals surface area contributed by atoms with Crippen LogP contribution in [0.5, 0.6) is 0 Å². The van der Waals surface area contributed by atoms with Crippen LogP contribution in [0.3, 0.4) is 0 Å². The average molecular weight is 352 g/mol. The molecular formula is C19H20N4O3. The number of aryl methyl sites for hydroxylation is 2. The molecule has 0 radical (unpaired) electrons. The summed E-state index contributed by atoms with van der Waals surface area (Å²) in [4.78, 5) is 43.0. The monoisotopic (exact) mass is 352 g/mol. The fourth-order valence-corrected chi connectivity index (χ4v) is 2.75. The van der Waals surface area contributed by atoms with Crippen molar-refractivity contribution in [1.29, 1.82) is 0 Å². The lowest BCUT2D eigenvalue weighted by Gasteiger charge is -2.09. The number of hydrogen-bond acceptors (Lipinski definition) is 4. The minimum Gasteiger partial charge on any atom is -0.322 e. The van der Waals surface area contributed by atoms with E-state index in [2.05, 4.69) is 22.2 Å². The predicted molar refractivity (Wildman–Crippen MR) is 101 cm³/mol. The van der Waals surface area contributed by atoms with Gasteiger partial charge in [0.25, 0.3) is 11.5 Å². The number of carbonyl (C=O) groups is 1. The van der Waals surface area contributed by atoms with E-state index < -0.39 is 11.2 Å². The third kappa shape index (κ3) is 3.42. The third-order valence-corrected chi connectivity index (χ3v) is 4.16. The number of aromatic amines is 1. The lowest BCUT2D eigenvalue weighted by atomic mass is 10.1. The molecule has 134 valence electrons. The Kier molecular flexibility index (Phi) is 4.97. The zero-order valence-electron chi connectivity index (χ0n) is 14.7. The fourth-order valence-electron chi connectivity index (χ4n) is 2.75. The first kappa shape index (κ1) is 17.6. The highest BCUT2D eigenvalue weighted by Crippen LogP contribution is 2.13. The molecule has 1 amide bonds. The number of carbonyl (C=O) groups excluding carboxylic acids is 1. The van der Waals surface area contributed by atoms with Crippen molar-refractivity contribution < 1.29 is 4.79 Å². The van der Waals surface area contributed by atoms with Crippen LogP contribution in [0, 0.1) is 0 Å². The molecule has 1 aromatic carbocycles. The molecule has 0 atom stereocenters. The smallest absolute Gasteiger partial charge is 0.322 e. The molecule has 0 aliphatic carbocycles. The van der Waals surface area contributed by atoms with Gasteiger partial charge in [-0.2, -0.15) is 0 Å². The number of amides is 1. The SMILES string of the molecule is CCCn1c(=O)[nH]c(=O)c2cc(C(=O)Nc3ccc(CC)cc3)cnc21. The van der Waals surface area contributed by atoms with E-state index in [-0.39, 0.29) is 22.5 Å². The summed E-state index contributed by atoms with van der Waals surface area (Å²) in [5, 5.41) is 3.00. The molecule has 0 aliphatic heterocycles. The van der Waals surface area contributed by atoms with Gasteiger partial charge in [-0.15, -0.1) is 0 Å². The third-order valence-electron chi connectivity index (χ3n) is 4.16. The van der Waals surface area contributed by atoms with Gasteiger partial charge in [-0.25, -0.2) is 9.78 Å². The Labute approximate surface area is 149 Å². The van der Waals surface area contributed by atoms with Crippen molar-refractivity contribution in [3.63, 3.8) is 0 Å². The van der Waals surface area contributed by atoms with Crippen LogP contribution in [0.15, 0.2) is 46.1 Å². The van der Waals surface area contributed by atoms with Crippen molar-refractivity contribution in [1.82, 2.24) is 14.5 Å². The molecule has 0 aliphatic rings. The number of benzene rings is 1. The van der Waals surface area contributed by atoms with Crippen LogP contribution in [0.25, 0.3) is 11.0 Å². The van der Waals surface area contributed by atoms with Gasteiger partial charge in [0, 0.05) is 18.4 Å². The Bertz CT molecular complexity index is 1060. The number of fused-ring (bicyclic) bond motifs is 1. The molecule has 7 nitrogen and oxygen atoms in total. The van der Waals surface area contributed by atoms with Gasteiger partial charge in [-0.3, -0.25) is 19.1 Å². The largest absolute Gasteiger partial charge is 0.329 e. The Morgan fingerprint density at radius 3 is 2.58 bits per heavy atom. The normalized spacial score (nSPS) is 10.8. The van der Waals surface area contributed by atoms with Crippen molar-refractivity contribution in [3.8, 4) is 0 Å². The van der Waals surface area contributed by atoms with E-state index >= 15 is 0 Å². The number of hydrogen-bond donors (Lipinski definition) is 2. The number of rotatable bonds is 5. The van der Waals surface area contributed by atoms with E-state index in [4.69, 9.17) is 0 Å². The van der Waals surface area contributed by atoms with Gasteiger partial charge in [-0.05, 0) is 36.6 Å². The van der Waals surface area contributed by atoms with Gasteiger partial charge >= 0.3 is 5.69 Å². The molecule has 2 heterocycles. The average Bonchev–Trinajstić information content (AvgIpc) is 2.65. The molecular weight excluding hydrogens is 332 g/mol.